The average Bonchev–Trinajstić information content (AvgIpc) is 2.70. The Kier molecular flexibility index (Phi) is 3.33. The summed E-state index contributed by atoms with van der Waals surface area (Å²) in [6, 6.07) is 0. The summed E-state index contributed by atoms with van der Waals surface area (Å²) in [5.41, 5.74) is 0.882. The minimum absolute atomic E-state index is 0.385. The Balaban J connectivity index is 2.03. The lowest BCUT2D eigenvalue weighted by Crippen LogP contribution is -2.36. The molecule has 0 amide bonds. The van der Waals surface area contributed by atoms with Gasteiger partial charge in [0.2, 0.25) is 0 Å². The van der Waals surface area contributed by atoms with Crippen LogP contribution >= 0.6 is 0 Å². The van der Waals surface area contributed by atoms with Gasteiger partial charge >= 0.3 is 5.69 Å². The summed E-state index contributed by atoms with van der Waals surface area (Å²) in [6.45, 7) is 1.84. The number of imidazole rings is 1. The lowest BCUT2D eigenvalue weighted by molar-refractivity contribution is -0.870. The molecule has 0 unspecified atom stereocenters. The molecule has 98 valence electrons. The molecule has 0 aliphatic rings. The molecule has 0 atom stereocenters. The van der Waals surface area contributed by atoms with Crippen molar-refractivity contribution in [2.24, 2.45) is 0 Å². The van der Waals surface area contributed by atoms with Gasteiger partial charge in [0.15, 0.2) is 11.5 Å². The zero-order chi connectivity index (χ0) is 13.2. The molecule has 2 rings (SSSR count). The SMILES string of the molecule is C[N+](C)(C)CCCNc1nc(=O)[nH]c2nc[nH]c12. The maximum Gasteiger partial charge on any atom is 0.348 e. The molecule has 2 aromatic rings. The van der Waals surface area contributed by atoms with Crippen LogP contribution in [0, 0.1) is 0 Å². The minimum atomic E-state index is -0.385. The van der Waals surface area contributed by atoms with Crippen molar-refractivity contribution in [3.8, 4) is 0 Å². The zero-order valence-corrected chi connectivity index (χ0v) is 10.9. The average molecular weight is 251 g/mol. The lowest BCUT2D eigenvalue weighted by atomic mass is 10.3. The van der Waals surface area contributed by atoms with Gasteiger partial charge in [-0.1, -0.05) is 0 Å². The maximum absolute atomic E-state index is 11.3. The van der Waals surface area contributed by atoms with E-state index < -0.39 is 0 Å². The summed E-state index contributed by atoms with van der Waals surface area (Å²) in [7, 11) is 6.45. The number of H-pyrrole nitrogens is 2. The molecule has 0 saturated carbocycles. The molecular formula is C11H19N6O+. The number of rotatable bonds is 5. The summed E-state index contributed by atoms with van der Waals surface area (Å²) in [5, 5.41) is 3.17. The molecule has 3 N–H and O–H groups in total. The van der Waals surface area contributed by atoms with E-state index in [4.69, 9.17) is 0 Å². The van der Waals surface area contributed by atoms with E-state index in [2.05, 4.69) is 46.4 Å². The second kappa shape index (κ2) is 4.77. The summed E-state index contributed by atoms with van der Waals surface area (Å²) >= 11 is 0. The Morgan fingerprint density at radius 1 is 1.39 bits per heavy atom. The Labute approximate surface area is 105 Å². The number of anilines is 1. The fourth-order valence-electron chi connectivity index (χ4n) is 1.74. The van der Waals surface area contributed by atoms with Gasteiger partial charge in [0, 0.05) is 13.0 Å². The first-order valence-electron chi connectivity index (χ1n) is 5.93. The van der Waals surface area contributed by atoms with Gasteiger partial charge < -0.3 is 14.8 Å². The van der Waals surface area contributed by atoms with Gasteiger partial charge in [0.05, 0.1) is 34.0 Å². The first-order chi connectivity index (χ1) is 8.46. The molecule has 2 heterocycles. The highest BCUT2D eigenvalue weighted by Gasteiger charge is 2.08. The van der Waals surface area contributed by atoms with Crippen LogP contribution in [-0.2, 0) is 0 Å². The second-order valence-corrected chi connectivity index (χ2v) is 5.31. The highest BCUT2D eigenvalue weighted by molar-refractivity contribution is 5.81. The van der Waals surface area contributed by atoms with Crippen LogP contribution in [0.5, 0.6) is 0 Å². The number of nitrogens with one attached hydrogen (secondary N) is 3. The number of quaternary nitrogens is 1. The largest absolute Gasteiger partial charge is 0.368 e. The zero-order valence-electron chi connectivity index (χ0n) is 10.9. The topological polar surface area (TPSA) is 86.5 Å². The monoisotopic (exact) mass is 251 g/mol. The van der Waals surface area contributed by atoms with Crippen LogP contribution in [0.25, 0.3) is 11.2 Å². The van der Waals surface area contributed by atoms with Crippen molar-refractivity contribution in [1.82, 2.24) is 19.9 Å². The fraction of sp³-hybridized carbons (Fsp3) is 0.545. The fourth-order valence-corrected chi connectivity index (χ4v) is 1.74. The number of hydrogen-bond donors (Lipinski definition) is 3. The van der Waals surface area contributed by atoms with E-state index in [-0.39, 0.29) is 5.69 Å². The Morgan fingerprint density at radius 2 is 2.17 bits per heavy atom. The van der Waals surface area contributed by atoms with Crippen LogP contribution in [0.3, 0.4) is 0 Å². The summed E-state index contributed by atoms with van der Waals surface area (Å²) in [4.78, 5) is 24.8. The highest BCUT2D eigenvalue weighted by atomic mass is 16.1. The van der Waals surface area contributed by atoms with E-state index in [0.29, 0.717) is 11.5 Å². The molecular weight excluding hydrogens is 232 g/mol. The van der Waals surface area contributed by atoms with Crippen LogP contribution in [0.2, 0.25) is 0 Å². The molecule has 0 aliphatic carbocycles. The van der Waals surface area contributed by atoms with Crippen molar-refractivity contribution in [2.45, 2.75) is 6.42 Å². The van der Waals surface area contributed by atoms with Crippen LogP contribution in [-0.4, -0.2) is 58.7 Å². The smallest absolute Gasteiger partial charge is 0.348 e. The molecule has 0 aliphatic heterocycles. The minimum Gasteiger partial charge on any atom is -0.368 e. The Bertz CT molecular complexity index is 579. The Morgan fingerprint density at radius 3 is 2.89 bits per heavy atom. The molecule has 0 radical (unpaired) electrons. The normalized spacial score (nSPS) is 11.9. The van der Waals surface area contributed by atoms with Crippen molar-refractivity contribution >= 4 is 17.0 Å². The number of aromatic nitrogens is 4. The predicted octanol–water partition coefficient (Wildman–Crippen LogP) is 0.154. The van der Waals surface area contributed by atoms with E-state index >= 15 is 0 Å². The maximum atomic E-state index is 11.3. The first kappa shape index (κ1) is 12.6. The molecule has 0 saturated heterocycles. The number of nitrogens with zero attached hydrogens (tertiary/aromatic N) is 3. The molecule has 7 heteroatoms. The molecule has 18 heavy (non-hydrogen) atoms. The molecule has 0 spiro atoms. The van der Waals surface area contributed by atoms with E-state index in [9.17, 15) is 4.79 Å². The molecule has 0 aromatic carbocycles. The molecule has 2 aromatic heterocycles. The van der Waals surface area contributed by atoms with Crippen molar-refractivity contribution in [1.29, 1.82) is 0 Å². The van der Waals surface area contributed by atoms with Gasteiger partial charge in [0.25, 0.3) is 0 Å². The first-order valence-corrected chi connectivity index (χ1v) is 5.93. The van der Waals surface area contributed by atoms with Gasteiger partial charge in [-0.05, 0) is 0 Å². The predicted molar refractivity (Wildman–Crippen MR) is 70.5 cm³/mol. The third-order valence-electron chi connectivity index (χ3n) is 2.61. The van der Waals surface area contributed by atoms with Crippen molar-refractivity contribution < 1.29 is 4.48 Å². The third kappa shape index (κ3) is 3.07. The summed E-state index contributed by atoms with van der Waals surface area (Å²) < 4.78 is 0.921. The quantitative estimate of drug-likeness (QED) is 0.521. The van der Waals surface area contributed by atoms with E-state index in [0.717, 1.165) is 29.5 Å². The highest BCUT2D eigenvalue weighted by Crippen LogP contribution is 2.12. The summed E-state index contributed by atoms with van der Waals surface area (Å²) in [5.74, 6) is 0.563. The standard InChI is InChI=1S/C11H18N6O/c1-17(2,3)6-4-5-12-9-8-10(14-7-13-8)16-11(18)15-9/h7H,4-6H2,1-3H3,(H2-,12,13,14,15,16,18)/p+1. The second-order valence-electron chi connectivity index (χ2n) is 5.31. The van der Waals surface area contributed by atoms with Crippen LogP contribution in [0.15, 0.2) is 11.1 Å². The lowest BCUT2D eigenvalue weighted by Gasteiger charge is -2.23. The van der Waals surface area contributed by atoms with Crippen LogP contribution in [0.1, 0.15) is 6.42 Å². The van der Waals surface area contributed by atoms with E-state index in [1.54, 1.807) is 6.33 Å². The van der Waals surface area contributed by atoms with Crippen molar-refractivity contribution in [3.05, 3.63) is 16.8 Å². The number of aromatic amines is 2. The molecule has 7 nitrogen and oxygen atoms in total. The van der Waals surface area contributed by atoms with E-state index in [1.165, 1.54) is 0 Å². The molecule has 0 fully saturated rings. The van der Waals surface area contributed by atoms with Gasteiger partial charge in [-0.25, -0.2) is 9.78 Å². The van der Waals surface area contributed by atoms with Gasteiger partial charge in [0.1, 0.15) is 5.52 Å². The van der Waals surface area contributed by atoms with Crippen molar-refractivity contribution in [2.75, 3.05) is 39.5 Å². The number of hydrogen-bond acceptors (Lipinski definition) is 4. The third-order valence-corrected chi connectivity index (χ3v) is 2.61. The van der Waals surface area contributed by atoms with E-state index in [1.807, 2.05) is 0 Å². The van der Waals surface area contributed by atoms with Gasteiger partial charge in [-0.2, -0.15) is 4.98 Å². The van der Waals surface area contributed by atoms with Crippen LogP contribution in [0.4, 0.5) is 5.82 Å². The molecule has 0 bridgehead atoms. The number of fused-ring (bicyclic) bond motifs is 1. The summed E-state index contributed by atoms with van der Waals surface area (Å²) in [6.07, 6.45) is 2.55. The Hall–Kier alpha value is -1.89. The van der Waals surface area contributed by atoms with Crippen molar-refractivity contribution in [3.63, 3.8) is 0 Å². The van der Waals surface area contributed by atoms with Gasteiger partial charge in [-0.15, -0.1) is 0 Å². The van der Waals surface area contributed by atoms with Gasteiger partial charge in [-0.3, -0.25) is 4.98 Å². The van der Waals surface area contributed by atoms with Crippen LogP contribution < -0.4 is 11.0 Å².